The van der Waals surface area contributed by atoms with Gasteiger partial charge in [-0.15, -0.1) is 9.35 Å². The summed E-state index contributed by atoms with van der Waals surface area (Å²) in [5.41, 5.74) is -2.90. The number of H-pyrrole nitrogens is 2. The van der Waals surface area contributed by atoms with E-state index in [4.69, 9.17) is 0 Å². The molecule has 3 aromatic rings. The lowest BCUT2D eigenvalue weighted by atomic mass is 10.1. The molecule has 0 aliphatic carbocycles. The molecule has 0 aliphatic rings. The predicted molar refractivity (Wildman–Crippen MR) is 85.4 cm³/mol. The van der Waals surface area contributed by atoms with Crippen molar-refractivity contribution in [2.24, 2.45) is 10.4 Å². The van der Waals surface area contributed by atoms with Gasteiger partial charge >= 0.3 is 11.4 Å². The van der Waals surface area contributed by atoms with Crippen molar-refractivity contribution in [1.29, 1.82) is 0 Å². The van der Waals surface area contributed by atoms with Crippen LogP contribution in [0, 0.1) is 0 Å². The first-order valence-corrected chi connectivity index (χ1v) is 6.84. The Labute approximate surface area is 137 Å². The molecule has 0 fully saturated rings. The molecule has 11 heteroatoms. The number of phenols is 1. The van der Waals surface area contributed by atoms with Crippen LogP contribution in [0.25, 0.3) is 11.1 Å². The first-order chi connectivity index (χ1) is 12.0. The summed E-state index contributed by atoms with van der Waals surface area (Å²) in [5, 5.41) is 16.0. The third-order valence-electron chi connectivity index (χ3n) is 3.19. The summed E-state index contributed by atoms with van der Waals surface area (Å²) in [6.45, 7) is 0. The van der Waals surface area contributed by atoms with E-state index in [0.717, 1.165) is 12.3 Å². The van der Waals surface area contributed by atoms with Crippen LogP contribution in [-0.2, 0) is 0 Å². The van der Waals surface area contributed by atoms with Crippen molar-refractivity contribution in [3.8, 4) is 16.9 Å². The number of nitrogens with zero attached hydrogens (tertiary/aromatic N) is 4. The Morgan fingerprint density at radius 2 is 1.48 bits per heavy atom. The highest BCUT2D eigenvalue weighted by Gasteiger charge is 2.09. The molecule has 0 unspecified atom stereocenters. The third-order valence-corrected chi connectivity index (χ3v) is 3.19. The minimum Gasteiger partial charge on any atom is -0.508 e. The number of aromatic nitrogens is 4. The second kappa shape index (κ2) is 6.23. The highest BCUT2D eigenvalue weighted by molar-refractivity contribution is 5.62. The van der Waals surface area contributed by atoms with Crippen molar-refractivity contribution in [2.75, 3.05) is 0 Å². The van der Waals surface area contributed by atoms with Crippen LogP contribution >= 0.6 is 0 Å². The van der Waals surface area contributed by atoms with Crippen molar-refractivity contribution in [2.45, 2.75) is 0 Å². The second-order valence-electron chi connectivity index (χ2n) is 4.78. The van der Waals surface area contributed by atoms with Crippen molar-refractivity contribution in [3.05, 3.63) is 84.4 Å². The van der Waals surface area contributed by atoms with Gasteiger partial charge in [-0.05, 0) is 28.1 Å². The van der Waals surface area contributed by atoms with Crippen LogP contribution in [0.1, 0.15) is 0 Å². The van der Waals surface area contributed by atoms with Crippen LogP contribution in [0.4, 0.5) is 0 Å². The standard InChI is InChI=1S/C14H10N6O5/c21-9-3-1-8(2-4-9)10-7-16-14(25)20(12(10)23)18-17-19-11(22)5-6-15-13(19)24/h1-7,21H,(H,15,24)(H,16,25). The molecular formula is C14H10N6O5. The van der Waals surface area contributed by atoms with E-state index >= 15 is 0 Å². The Balaban J connectivity index is 2.13. The summed E-state index contributed by atoms with van der Waals surface area (Å²) in [4.78, 5) is 51.8. The summed E-state index contributed by atoms with van der Waals surface area (Å²) in [5.74, 6) is 0.0101. The van der Waals surface area contributed by atoms with Crippen molar-refractivity contribution in [3.63, 3.8) is 0 Å². The Morgan fingerprint density at radius 1 is 0.840 bits per heavy atom. The number of hydrogen-bond donors (Lipinski definition) is 3. The molecule has 0 bridgehead atoms. The minimum atomic E-state index is -0.906. The zero-order valence-electron chi connectivity index (χ0n) is 12.4. The van der Waals surface area contributed by atoms with Gasteiger partial charge in [0.2, 0.25) is 0 Å². The fourth-order valence-corrected chi connectivity index (χ4v) is 1.97. The molecule has 0 radical (unpaired) electrons. The maximum Gasteiger partial charge on any atom is 0.350 e. The quantitative estimate of drug-likeness (QED) is 0.544. The van der Waals surface area contributed by atoms with Gasteiger partial charge < -0.3 is 15.1 Å². The van der Waals surface area contributed by atoms with Crippen molar-refractivity contribution < 1.29 is 5.11 Å². The molecule has 0 saturated heterocycles. The van der Waals surface area contributed by atoms with Crippen molar-refractivity contribution >= 4 is 0 Å². The van der Waals surface area contributed by atoms with E-state index in [1.54, 1.807) is 0 Å². The Bertz CT molecular complexity index is 1150. The van der Waals surface area contributed by atoms with E-state index in [1.165, 1.54) is 30.5 Å². The SMILES string of the molecule is O=c1cc[nH]c(=O)n1N=Nn1c(=O)[nH]cc(-c2ccc(O)cc2)c1=O. The van der Waals surface area contributed by atoms with Gasteiger partial charge in [0.05, 0.1) is 5.56 Å². The number of aromatic amines is 2. The lowest BCUT2D eigenvalue weighted by Gasteiger charge is -2.02. The normalized spacial score (nSPS) is 11.0. The van der Waals surface area contributed by atoms with E-state index in [2.05, 4.69) is 20.4 Å². The van der Waals surface area contributed by atoms with E-state index in [0.29, 0.717) is 14.9 Å². The number of phenolic OH excluding ortho intramolecular Hbond substituents is 1. The molecular weight excluding hydrogens is 332 g/mol. The summed E-state index contributed by atoms with van der Waals surface area (Å²) in [7, 11) is 0. The molecule has 2 heterocycles. The van der Waals surface area contributed by atoms with Crippen LogP contribution in [0.2, 0.25) is 0 Å². The van der Waals surface area contributed by atoms with E-state index in [9.17, 15) is 24.3 Å². The molecule has 3 rings (SSSR count). The van der Waals surface area contributed by atoms with Gasteiger partial charge in [-0.1, -0.05) is 12.1 Å². The Hall–Kier alpha value is -4.02. The van der Waals surface area contributed by atoms with E-state index < -0.39 is 22.5 Å². The van der Waals surface area contributed by atoms with Gasteiger partial charge in [0.1, 0.15) is 5.75 Å². The zero-order valence-corrected chi connectivity index (χ0v) is 12.4. The fraction of sp³-hybridized carbons (Fsp3) is 0. The average molecular weight is 342 g/mol. The molecule has 1 aromatic carbocycles. The van der Waals surface area contributed by atoms with Gasteiger partial charge in [-0.2, -0.15) is 0 Å². The largest absolute Gasteiger partial charge is 0.508 e. The van der Waals surface area contributed by atoms with Gasteiger partial charge in [0.25, 0.3) is 11.1 Å². The highest BCUT2D eigenvalue weighted by Crippen LogP contribution is 2.17. The van der Waals surface area contributed by atoms with Crippen molar-refractivity contribution in [1.82, 2.24) is 19.3 Å². The molecule has 0 amide bonds. The number of rotatable bonds is 3. The maximum absolute atomic E-state index is 12.4. The molecule has 2 aromatic heterocycles. The molecule has 0 spiro atoms. The molecule has 11 nitrogen and oxygen atoms in total. The number of benzene rings is 1. The zero-order chi connectivity index (χ0) is 18.0. The number of aromatic hydroxyl groups is 1. The minimum absolute atomic E-state index is 0.0101. The second-order valence-corrected chi connectivity index (χ2v) is 4.78. The lowest BCUT2D eigenvalue weighted by molar-refractivity contribution is 0.475. The molecule has 3 N–H and O–H groups in total. The van der Waals surface area contributed by atoms with Crippen LogP contribution in [0.3, 0.4) is 0 Å². The van der Waals surface area contributed by atoms with E-state index in [1.807, 2.05) is 0 Å². The molecule has 0 saturated carbocycles. The third kappa shape index (κ3) is 3.06. The maximum atomic E-state index is 12.4. The first kappa shape index (κ1) is 15.9. The van der Waals surface area contributed by atoms with Crippen LogP contribution in [0.5, 0.6) is 5.75 Å². The molecule has 25 heavy (non-hydrogen) atoms. The average Bonchev–Trinajstić information content (AvgIpc) is 2.58. The Kier molecular flexibility index (Phi) is 3.95. The van der Waals surface area contributed by atoms with Gasteiger partial charge in [0.15, 0.2) is 0 Å². The lowest BCUT2D eigenvalue weighted by Crippen LogP contribution is -2.34. The predicted octanol–water partition coefficient (Wildman–Crippen LogP) is -0.562. The van der Waals surface area contributed by atoms with Gasteiger partial charge in [-0.3, -0.25) is 9.59 Å². The van der Waals surface area contributed by atoms with Crippen LogP contribution in [0.15, 0.2) is 72.4 Å². The smallest absolute Gasteiger partial charge is 0.350 e. The summed E-state index contributed by atoms with van der Waals surface area (Å²) >= 11 is 0. The summed E-state index contributed by atoms with van der Waals surface area (Å²) in [6.07, 6.45) is 2.31. The van der Waals surface area contributed by atoms with Gasteiger partial charge in [0, 0.05) is 18.5 Å². The molecule has 0 atom stereocenters. The number of hydrogen-bond acceptors (Lipinski definition) is 7. The number of nitrogens with one attached hydrogen (secondary N) is 2. The topological polar surface area (TPSA) is 155 Å². The van der Waals surface area contributed by atoms with Crippen LogP contribution < -0.4 is 22.5 Å². The molecule has 0 aliphatic heterocycles. The van der Waals surface area contributed by atoms with Crippen LogP contribution in [-0.4, -0.2) is 24.4 Å². The fourth-order valence-electron chi connectivity index (χ4n) is 1.97. The first-order valence-electron chi connectivity index (χ1n) is 6.84. The van der Waals surface area contributed by atoms with Gasteiger partial charge in [-0.25, -0.2) is 9.59 Å². The molecule has 126 valence electrons. The van der Waals surface area contributed by atoms with E-state index in [-0.39, 0.29) is 11.3 Å². The monoisotopic (exact) mass is 342 g/mol. The highest BCUT2D eigenvalue weighted by atomic mass is 16.3. The Morgan fingerprint density at radius 3 is 2.16 bits per heavy atom. The summed E-state index contributed by atoms with van der Waals surface area (Å²) < 4.78 is 0.736. The summed E-state index contributed by atoms with van der Waals surface area (Å²) in [6, 6.07) is 6.71.